The highest BCUT2D eigenvalue weighted by Gasteiger charge is 2.28. The van der Waals surface area contributed by atoms with Crippen LogP contribution in [0.2, 0.25) is 0 Å². The fourth-order valence-electron chi connectivity index (χ4n) is 6.04. The molecule has 42 heavy (non-hydrogen) atoms. The number of aromatic amines is 1. The van der Waals surface area contributed by atoms with Crippen LogP contribution in [0.15, 0.2) is 41.2 Å². The standard InChI is InChI=1S/C33H47N5O4/c1-8-38(27-13-11-26(12-14-27)36(4)5)31-20-25(24-9-15-28(16-10-24)42-18-17-41-7)19-29(22(31)2)32(39)34-21-30-23(3)37(6)35-33(30)40/h9-10,15-16,19-20,26-27H,8,11-14,17-18,21H2,1-7H3,(H,34,39)(H,35,40). The van der Waals surface area contributed by atoms with Gasteiger partial charge in [-0.2, -0.15) is 0 Å². The largest absolute Gasteiger partial charge is 0.491 e. The molecule has 0 atom stereocenters. The number of nitrogens with zero attached hydrogens (tertiary/aromatic N) is 3. The molecule has 1 aromatic heterocycles. The van der Waals surface area contributed by atoms with Gasteiger partial charge in [0, 0.05) is 49.7 Å². The van der Waals surface area contributed by atoms with E-state index in [1.165, 1.54) is 0 Å². The van der Waals surface area contributed by atoms with Gasteiger partial charge >= 0.3 is 0 Å². The van der Waals surface area contributed by atoms with Gasteiger partial charge in [-0.05, 0) is 102 Å². The number of aromatic nitrogens is 2. The normalized spacial score (nSPS) is 17.0. The first kappa shape index (κ1) is 31.4. The number of methoxy groups -OCH3 is 1. The third kappa shape index (κ3) is 7.07. The Labute approximate surface area is 249 Å². The molecule has 1 amide bonds. The second kappa shape index (κ2) is 14.1. The first-order valence-corrected chi connectivity index (χ1v) is 15.0. The van der Waals surface area contributed by atoms with Gasteiger partial charge in [-0.1, -0.05) is 12.1 Å². The first-order valence-electron chi connectivity index (χ1n) is 15.0. The van der Waals surface area contributed by atoms with E-state index >= 15 is 0 Å². The third-order valence-corrected chi connectivity index (χ3v) is 8.77. The summed E-state index contributed by atoms with van der Waals surface area (Å²) < 4.78 is 12.5. The Morgan fingerprint density at radius 2 is 1.69 bits per heavy atom. The molecule has 1 fully saturated rings. The van der Waals surface area contributed by atoms with E-state index in [4.69, 9.17) is 9.47 Å². The highest BCUT2D eigenvalue weighted by Crippen LogP contribution is 2.36. The topological polar surface area (TPSA) is 91.8 Å². The zero-order chi connectivity index (χ0) is 30.4. The molecule has 228 valence electrons. The van der Waals surface area contributed by atoms with Gasteiger partial charge < -0.3 is 24.6 Å². The number of aryl methyl sites for hydroxylation is 1. The number of carbonyl (C=O) groups excluding carboxylic acids is 1. The highest BCUT2D eigenvalue weighted by atomic mass is 16.5. The number of ether oxygens (including phenoxy) is 2. The van der Waals surface area contributed by atoms with Crippen LogP contribution in [0.4, 0.5) is 5.69 Å². The lowest BCUT2D eigenvalue weighted by Crippen LogP contribution is -2.42. The van der Waals surface area contributed by atoms with E-state index in [0.717, 1.165) is 66.0 Å². The van der Waals surface area contributed by atoms with Gasteiger partial charge in [0.05, 0.1) is 18.7 Å². The maximum Gasteiger partial charge on any atom is 0.269 e. The maximum absolute atomic E-state index is 13.7. The van der Waals surface area contributed by atoms with E-state index in [1.807, 2.05) is 44.2 Å². The fraction of sp³-hybridized carbons (Fsp3) is 0.515. The molecule has 9 nitrogen and oxygen atoms in total. The summed E-state index contributed by atoms with van der Waals surface area (Å²) in [5.41, 5.74) is 5.83. The van der Waals surface area contributed by atoms with Crippen molar-refractivity contribution in [2.24, 2.45) is 7.05 Å². The van der Waals surface area contributed by atoms with Crippen LogP contribution in [-0.2, 0) is 18.3 Å². The number of amides is 1. The first-order chi connectivity index (χ1) is 20.1. The number of nitrogens with one attached hydrogen (secondary N) is 2. The van der Waals surface area contributed by atoms with Crippen LogP contribution in [0.25, 0.3) is 11.1 Å². The molecule has 0 bridgehead atoms. The van der Waals surface area contributed by atoms with Crippen LogP contribution < -0.4 is 20.5 Å². The monoisotopic (exact) mass is 577 g/mol. The summed E-state index contributed by atoms with van der Waals surface area (Å²) in [6.07, 6.45) is 4.56. The number of hydrogen-bond donors (Lipinski definition) is 2. The molecule has 3 aromatic rings. The second-order valence-corrected chi connectivity index (χ2v) is 11.5. The van der Waals surface area contributed by atoms with Crippen LogP contribution in [0, 0.1) is 13.8 Å². The van der Waals surface area contributed by atoms with Crippen LogP contribution in [0.5, 0.6) is 5.75 Å². The summed E-state index contributed by atoms with van der Waals surface area (Å²) in [5, 5.41) is 5.78. The van der Waals surface area contributed by atoms with Gasteiger partial charge in [-0.25, -0.2) is 0 Å². The highest BCUT2D eigenvalue weighted by molar-refractivity contribution is 5.99. The van der Waals surface area contributed by atoms with Crippen molar-refractivity contribution in [1.29, 1.82) is 0 Å². The average molecular weight is 578 g/mol. The van der Waals surface area contributed by atoms with Gasteiger partial charge in [-0.15, -0.1) is 0 Å². The minimum Gasteiger partial charge on any atom is -0.491 e. The lowest BCUT2D eigenvalue weighted by Gasteiger charge is -2.40. The van der Waals surface area contributed by atoms with Gasteiger partial charge in [0.1, 0.15) is 12.4 Å². The zero-order valence-corrected chi connectivity index (χ0v) is 26.3. The molecule has 1 aliphatic carbocycles. The number of benzene rings is 2. The van der Waals surface area contributed by atoms with Crippen LogP contribution >= 0.6 is 0 Å². The van der Waals surface area contributed by atoms with E-state index < -0.39 is 0 Å². The number of hydrogen-bond acceptors (Lipinski definition) is 6. The molecular formula is C33H47N5O4. The van der Waals surface area contributed by atoms with E-state index in [1.54, 1.807) is 18.8 Å². The number of rotatable bonds is 12. The Balaban J connectivity index is 1.68. The number of anilines is 1. The molecule has 0 radical (unpaired) electrons. The number of carbonyl (C=O) groups is 1. The molecular weight excluding hydrogens is 530 g/mol. The van der Waals surface area contributed by atoms with E-state index in [9.17, 15) is 9.59 Å². The van der Waals surface area contributed by atoms with Crippen molar-refractivity contribution in [3.63, 3.8) is 0 Å². The summed E-state index contributed by atoms with van der Waals surface area (Å²) >= 11 is 0. The summed E-state index contributed by atoms with van der Waals surface area (Å²) in [6, 6.07) is 13.2. The van der Waals surface area contributed by atoms with Gasteiger partial charge in [0.2, 0.25) is 0 Å². The molecule has 1 saturated carbocycles. The predicted octanol–water partition coefficient (Wildman–Crippen LogP) is 4.65. The SMILES string of the molecule is CCN(c1cc(-c2ccc(OCCOC)cc2)cc(C(=O)NCc2c(C)n(C)[nH]c2=O)c1C)C1CCC(N(C)C)CC1. The quantitative estimate of drug-likeness (QED) is 0.305. The molecule has 0 saturated heterocycles. The van der Waals surface area contributed by atoms with Crippen molar-refractivity contribution in [3.8, 4) is 16.9 Å². The van der Waals surface area contributed by atoms with Crippen molar-refractivity contribution in [3.05, 3.63) is 69.1 Å². The molecule has 0 unspecified atom stereocenters. The molecule has 1 heterocycles. The Morgan fingerprint density at radius 1 is 1.02 bits per heavy atom. The van der Waals surface area contributed by atoms with Crippen LogP contribution in [0.1, 0.15) is 59.8 Å². The summed E-state index contributed by atoms with van der Waals surface area (Å²) in [4.78, 5) is 30.9. The Bertz CT molecular complexity index is 1400. The van der Waals surface area contributed by atoms with Crippen LogP contribution in [-0.4, -0.2) is 73.6 Å². The number of H-pyrrole nitrogens is 1. The predicted molar refractivity (Wildman–Crippen MR) is 169 cm³/mol. The van der Waals surface area contributed by atoms with Gasteiger partial charge in [0.15, 0.2) is 0 Å². The Morgan fingerprint density at radius 3 is 2.26 bits per heavy atom. The molecule has 2 aromatic carbocycles. The van der Waals surface area contributed by atoms with Crippen molar-refractivity contribution >= 4 is 11.6 Å². The molecule has 9 heteroatoms. The van der Waals surface area contributed by atoms with E-state index in [2.05, 4.69) is 47.3 Å². The van der Waals surface area contributed by atoms with Crippen molar-refractivity contribution < 1.29 is 14.3 Å². The molecule has 1 aliphatic rings. The molecule has 0 spiro atoms. The average Bonchev–Trinajstić information content (AvgIpc) is 3.23. The molecule has 4 rings (SSSR count). The molecule has 2 N–H and O–H groups in total. The van der Waals surface area contributed by atoms with Gasteiger partial charge in [-0.3, -0.25) is 19.4 Å². The minimum atomic E-state index is -0.190. The third-order valence-electron chi connectivity index (χ3n) is 8.77. The van der Waals surface area contributed by atoms with Crippen molar-refractivity contribution in [1.82, 2.24) is 20.0 Å². The molecule has 0 aliphatic heterocycles. The smallest absolute Gasteiger partial charge is 0.269 e. The zero-order valence-electron chi connectivity index (χ0n) is 26.3. The van der Waals surface area contributed by atoms with Crippen molar-refractivity contribution in [2.45, 2.75) is 65.1 Å². The van der Waals surface area contributed by atoms with E-state index in [0.29, 0.717) is 36.4 Å². The Kier molecular flexibility index (Phi) is 10.5. The van der Waals surface area contributed by atoms with Gasteiger partial charge in [0.25, 0.3) is 11.5 Å². The fourth-order valence-corrected chi connectivity index (χ4v) is 6.04. The second-order valence-electron chi connectivity index (χ2n) is 11.5. The summed E-state index contributed by atoms with van der Waals surface area (Å²) in [6.45, 7) is 8.14. The lowest BCUT2D eigenvalue weighted by atomic mass is 9.88. The van der Waals surface area contributed by atoms with E-state index in [-0.39, 0.29) is 18.0 Å². The summed E-state index contributed by atoms with van der Waals surface area (Å²) in [7, 11) is 7.78. The summed E-state index contributed by atoms with van der Waals surface area (Å²) in [5.74, 6) is 0.586. The minimum absolute atomic E-state index is 0.166. The van der Waals surface area contributed by atoms with Crippen LogP contribution in [0.3, 0.4) is 0 Å². The maximum atomic E-state index is 13.7. The Hall–Kier alpha value is -3.56. The lowest BCUT2D eigenvalue weighted by molar-refractivity contribution is 0.0950. The van der Waals surface area contributed by atoms with Crippen molar-refractivity contribution in [2.75, 3.05) is 45.9 Å².